The summed E-state index contributed by atoms with van der Waals surface area (Å²) >= 11 is 0. The van der Waals surface area contributed by atoms with Gasteiger partial charge in [-0.2, -0.15) is 0 Å². The highest BCUT2D eigenvalue weighted by atomic mass is 16.7. The summed E-state index contributed by atoms with van der Waals surface area (Å²) < 4.78 is 11.3. The molecule has 0 aromatic carbocycles. The quantitative estimate of drug-likeness (QED) is 0.282. The van der Waals surface area contributed by atoms with Crippen molar-refractivity contribution in [2.75, 3.05) is 0 Å². The molecule has 3 aliphatic carbocycles. The van der Waals surface area contributed by atoms with Crippen LogP contribution >= 0.6 is 0 Å². The molecule has 4 fully saturated rings. The molecule has 0 bridgehead atoms. The van der Waals surface area contributed by atoms with Gasteiger partial charge in [-0.1, -0.05) is 76.6 Å². The molecular weight excluding hydrogens is 520 g/mol. The number of hydrogen-bond donors (Lipinski definition) is 4. The van der Waals surface area contributed by atoms with E-state index in [1.165, 1.54) is 31.3 Å². The molecule has 4 rings (SSSR count). The number of aliphatic hydroxyl groups is 3. The van der Waals surface area contributed by atoms with Crippen LogP contribution in [0.5, 0.6) is 0 Å². The average molecular weight is 573 g/mol. The number of carboxylic acids is 1. The SMILES string of the molecule is C=C1CC[C@H](O[C@@H]2O[C@H](C(=O)O)[C@@H](O)[C@H](O)[C@H]2O)C/C1=C\C=C1/CCC[C@]2(C)[C@@H]([C@H](C)/C=C/[C@@H](C)C(C)C)CC[C@@H]12. The molecule has 0 radical (unpaired) electrons. The molecule has 1 heterocycles. The topological polar surface area (TPSA) is 116 Å². The van der Waals surface area contributed by atoms with Gasteiger partial charge in [0.15, 0.2) is 12.4 Å². The smallest absolute Gasteiger partial charge is 0.335 e. The maximum Gasteiger partial charge on any atom is 0.335 e. The largest absolute Gasteiger partial charge is 0.479 e. The van der Waals surface area contributed by atoms with Crippen molar-refractivity contribution in [3.8, 4) is 0 Å². The third-order valence-corrected chi connectivity index (χ3v) is 10.8. The van der Waals surface area contributed by atoms with Crippen molar-refractivity contribution in [2.24, 2.45) is 35.0 Å². The second-order valence-electron chi connectivity index (χ2n) is 13.7. The Balaban J connectivity index is 1.44. The molecule has 1 aliphatic heterocycles. The molecule has 1 saturated heterocycles. The first-order valence-electron chi connectivity index (χ1n) is 15.7. The molecule has 0 aromatic heterocycles. The molecule has 0 amide bonds. The molecule has 11 atom stereocenters. The van der Waals surface area contributed by atoms with E-state index in [1.54, 1.807) is 0 Å². The highest BCUT2D eigenvalue weighted by Gasteiger charge is 2.50. The van der Waals surface area contributed by atoms with Crippen LogP contribution in [0.25, 0.3) is 0 Å². The summed E-state index contributed by atoms with van der Waals surface area (Å²) in [5, 5.41) is 39.8. The van der Waals surface area contributed by atoms with Gasteiger partial charge in [-0.05, 0) is 91.9 Å². The highest BCUT2D eigenvalue weighted by molar-refractivity contribution is 5.73. The van der Waals surface area contributed by atoms with Crippen molar-refractivity contribution in [3.63, 3.8) is 0 Å². The fraction of sp³-hybridized carbons (Fsp3) is 0.735. The van der Waals surface area contributed by atoms with Gasteiger partial charge in [-0.25, -0.2) is 4.79 Å². The zero-order valence-electron chi connectivity index (χ0n) is 25.5. The number of aliphatic hydroxyl groups excluding tert-OH is 3. The van der Waals surface area contributed by atoms with E-state index in [2.05, 4.69) is 65.5 Å². The lowest BCUT2D eigenvalue weighted by atomic mass is 9.61. The zero-order chi connectivity index (χ0) is 30.1. The van der Waals surface area contributed by atoms with Gasteiger partial charge in [0.2, 0.25) is 0 Å². The van der Waals surface area contributed by atoms with Gasteiger partial charge in [-0.15, -0.1) is 0 Å². The van der Waals surface area contributed by atoms with Crippen LogP contribution in [0.3, 0.4) is 0 Å². The maximum atomic E-state index is 11.5. The predicted octanol–water partition coefficient (Wildman–Crippen LogP) is 5.56. The van der Waals surface area contributed by atoms with Gasteiger partial charge in [0, 0.05) is 0 Å². The van der Waals surface area contributed by atoms with Gasteiger partial charge in [0.25, 0.3) is 0 Å². The number of carbonyl (C=O) groups is 1. The van der Waals surface area contributed by atoms with E-state index in [1.807, 2.05) is 0 Å². The number of rotatable bonds is 8. The number of ether oxygens (including phenoxy) is 2. The summed E-state index contributed by atoms with van der Waals surface area (Å²) in [5.74, 6) is 1.68. The molecule has 4 N–H and O–H groups in total. The van der Waals surface area contributed by atoms with E-state index in [-0.39, 0.29) is 6.10 Å². The summed E-state index contributed by atoms with van der Waals surface area (Å²) in [6.45, 7) is 16.1. The minimum absolute atomic E-state index is 0.309. The van der Waals surface area contributed by atoms with Crippen LogP contribution in [0.2, 0.25) is 0 Å². The summed E-state index contributed by atoms with van der Waals surface area (Å²) in [5.41, 5.74) is 3.99. The first-order valence-corrected chi connectivity index (χ1v) is 15.7. The Labute approximate surface area is 246 Å². The van der Waals surface area contributed by atoms with Gasteiger partial charge in [0.1, 0.15) is 18.3 Å². The van der Waals surface area contributed by atoms with Crippen LogP contribution in [-0.4, -0.2) is 63.2 Å². The van der Waals surface area contributed by atoms with Crippen LogP contribution in [0.15, 0.2) is 47.6 Å². The Morgan fingerprint density at radius 1 is 1.02 bits per heavy atom. The van der Waals surface area contributed by atoms with Crippen molar-refractivity contribution in [1.82, 2.24) is 0 Å². The second kappa shape index (κ2) is 13.3. The molecule has 3 saturated carbocycles. The number of fused-ring (bicyclic) bond motifs is 1. The molecule has 0 aromatic rings. The van der Waals surface area contributed by atoms with Crippen LogP contribution < -0.4 is 0 Å². The molecule has 41 heavy (non-hydrogen) atoms. The first kappa shape index (κ1) is 32.2. The number of carboxylic acid groups (broad SMARTS) is 1. The van der Waals surface area contributed by atoms with E-state index >= 15 is 0 Å². The van der Waals surface area contributed by atoms with Crippen molar-refractivity contribution < 1.29 is 34.7 Å². The lowest BCUT2D eigenvalue weighted by Gasteiger charge is -2.44. The minimum atomic E-state index is -1.73. The molecule has 0 unspecified atom stereocenters. The van der Waals surface area contributed by atoms with Gasteiger partial charge >= 0.3 is 5.97 Å². The first-order chi connectivity index (χ1) is 19.3. The summed E-state index contributed by atoms with van der Waals surface area (Å²) in [6.07, 6.45) is 9.19. The Hall–Kier alpha value is -1.77. The van der Waals surface area contributed by atoms with Gasteiger partial charge in [0.05, 0.1) is 6.10 Å². The number of hydrogen-bond acceptors (Lipinski definition) is 6. The second-order valence-corrected chi connectivity index (χ2v) is 13.7. The minimum Gasteiger partial charge on any atom is -0.479 e. The van der Waals surface area contributed by atoms with Crippen molar-refractivity contribution in [1.29, 1.82) is 0 Å². The molecule has 7 nitrogen and oxygen atoms in total. The lowest BCUT2D eigenvalue weighted by molar-refractivity contribution is -0.304. The third-order valence-electron chi connectivity index (χ3n) is 10.8. The van der Waals surface area contributed by atoms with E-state index in [0.717, 1.165) is 24.0 Å². The van der Waals surface area contributed by atoms with E-state index < -0.39 is 36.7 Å². The number of aliphatic carboxylic acids is 1. The van der Waals surface area contributed by atoms with Crippen molar-refractivity contribution >= 4 is 5.97 Å². The lowest BCUT2D eigenvalue weighted by Crippen LogP contribution is -2.60. The summed E-state index contributed by atoms with van der Waals surface area (Å²) in [7, 11) is 0. The Kier molecular flexibility index (Phi) is 10.4. The van der Waals surface area contributed by atoms with Crippen molar-refractivity contribution in [2.45, 2.75) is 123 Å². The molecule has 7 heteroatoms. The van der Waals surface area contributed by atoms with E-state index in [9.17, 15) is 25.2 Å². The Morgan fingerprint density at radius 2 is 1.76 bits per heavy atom. The molecule has 0 spiro atoms. The van der Waals surface area contributed by atoms with Crippen LogP contribution in [0, 0.1) is 35.0 Å². The fourth-order valence-corrected chi connectivity index (χ4v) is 7.70. The van der Waals surface area contributed by atoms with E-state index in [0.29, 0.717) is 47.8 Å². The zero-order valence-corrected chi connectivity index (χ0v) is 25.5. The van der Waals surface area contributed by atoms with Crippen molar-refractivity contribution in [3.05, 3.63) is 47.6 Å². The van der Waals surface area contributed by atoms with Crippen LogP contribution in [-0.2, 0) is 14.3 Å². The van der Waals surface area contributed by atoms with Crippen LogP contribution in [0.1, 0.15) is 86.0 Å². The highest BCUT2D eigenvalue weighted by Crippen LogP contribution is 2.59. The molecule has 230 valence electrons. The van der Waals surface area contributed by atoms with Gasteiger partial charge < -0.3 is 29.9 Å². The normalized spacial score (nSPS) is 41.7. The maximum absolute atomic E-state index is 11.5. The molecular formula is C34H52O7. The number of allylic oxidation sites excluding steroid dienone is 6. The summed E-state index contributed by atoms with van der Waals surface area (Å²) in [4.78, 5) is 11.5. The fourth-order valence-electron chi connectivity index (χ4n) is 7.70. The van der Waals surface area contributed by atoms with E-state index in [4.69, 9.17) is 9.47 Å². The summed E-state index contributed by atoms with van der Waals surface area (Å²) in [6, 6.07) is 0. The van der Waals surface area contributed by atoms with Gasteiger partial charge in [-0.3, -0.25) is 0 Å². The third kappa shape index (κ3) is 6.91. The predicted molar refractivity (Wildman–Crippen MR) is 159 cm³/mol. The van der Waals surface area contributed by atoms with Crippen LogP contribution in [0.4, 0.5) is 0 Å². The average Bonchev–Trinajstić information content (AvgIpc) is 3.29. The molecule has 4 aliphatic rings. The standard InChI is InChI=1S/C34H52O7/c1-19(2)20(3)9-10-22(5)26-15-16-27-23(8-7-17-34(26,27)6)12-13-24-18-25(14-11-21(24)4)40-33-30(37)28(35)29(36)31(41-33)32(38)39/h9-10,12-13,19-20,22,25-31,33,35-37H,4,7-8,11,14-18H2,1-3,5-6H3,(H,38,39)/b10-9+,23-12+,24-13+/t20-,22-,25+,26-,27+,28+,29+,30-,31+,33-,34-/m1/s1. The Bertz CT molecular complexity index is 1040. The monoisotopic (exact) mass is 572 g/mol. The Morgan fingerprint density at radius 3 is 2.44 bits per heavy atom.